The van der Waals surface area contributed by atoms with E-state index >= 15 is 0 Å². The summed E-state index contributed by atoms with van der Waals surface area (Å²) in [5.41, 5.74) is 1.34. The first-order valence-electron chi connectivity index (χ1n) is 7.35. The highest BCUT2D eigenvalue weighted by Gasteiger charge is 2.12. The van der Waals surface area contributed by atoms with Crippen molar-refractivity contribution in [1.82, 2.24) is 0 Å². The summed E-state index contributed by atoms with van der Waals surface area (Å²) in [6.45, 7) is 4.92. The molecule has 2 aromatic rings. The molecule has 0 saturated carbocycles. The van der Waals surface area contributed by atoms with Crippen LogP contribution in [-0.2, 0) is 0 Å². The van der Waals surface area contributed by atoms with Crippen molar-refractivity contribution < 1.29 is 9.53 Å². The van der Waals surface area contributed by atoms with Gasteiger partial charge in [0.1, 0.15) is 5.75 Å². The van der Waals surface area contributed by atoms with E-state index in [0.29, 0.717) is 23.8 Å². The third-order valence-corrected chi connectivity index (χ3v) is 3.91. The molecule has 0 heterocycles. The highest BCUT2D eigenvalue weighted by atomic mass is 127. The smallest absolute Gasteiger partial charge is 0.259 e. The lowest BCUT2D eigenvalue weighted by atomic mass is 10.1. The molecule has 22 heavy (non-hydrogen) atoms. The Bertz CT molecular complexity index is 623. The van der Waals surface area contributed by atoms with Gasteiger partial charge in [-0.2, -0.15) is 0 Å². The van der Waals surface area contributed by atoms with Crippen molar-refractivity contribution in [2.45, 2.75) is 20.3 Å². The van der Waals surface area contributed by atoms with Crippen LogP contribution in [0.2, 0.25) is 0 Å². The zero-order valence-corrected chi connectivity index (χ0v) is 15.0. The van der Waals surface area contributed by atoms with Gasteiger partial charge in [-0.05, 0) is 71.3 Å². The lowest BCUT2D eigenvalue weighted by Gasteiger charge is -2.12. The van der Waals surface area contributed by atoms with Crippen LogP contribution in [-0.4, -0.2) is 12.5 Å². The van der Waals surface area contributed by atoms with Crippen molar-refractivity contribution in [2.24, 2.45) is 5.92 Å². The normalized spacial score (nSPS) is 10.5. The molecular formula is C18H20INO2. The van der Waals surface area contributed by atoms with Gasteiger partial charge in [-0.3, -0.25) is 4.79 Å². The second kappa shape index (κ2) is 8.17. The Balaban J connectivity index is 2.07. The number of halogens is 1. The van der Waals surface area contributed by atoms with Gasteiger partial charge in [-0.25, -0.2) is 0 Å². The third kappa shape index (κ3) is 5.02. The molecule has 0 saturated heterocycles. The fraction of sp³-hybridized carbons (Fsp3) is 0.278. The van der Waals surface area contributed by atoms with Gasteiger partial charge in [0.05, 0.1) is 12.2 Å². The number of ether oxygens (including phenoxy) is 1. The van der Waals surface area contributed by atoms with Gasteiger partial charge < -0.3 is 10.1 Å². The van der Waals surface area contributed by atoms with E-state index in [4.69, 9.17) is 4.74 Å². The van der Waals surface area contributed by atoms with E-state index in [1.807, 2.05) is 42.5 Å². The van der Waals surface area contributed by atoms with Crippen LogP contribution < -0.4 is 10.1 Å². The van der Waals surface area contributed by atoms with Crippen molar-refractivity contribution in [1.29, 1.82) is 0 Å². The first kappa shape index (κ1) is 16.8. The van der Waals surface area contributed by atoms with Gasteiger partial charge >= 0.3 is 0 Å². The third-order valence-electron chi connectivity index (χ3n) is 3.19. The number of hydrogen-bond acceptors (Lipinski definition) is 2. The number of rotatable bonds is 6. The lowest BCUT2D eigenvalue weighted by molar-refractivity contribution is 0.102. The highest BCUT2D eigenvalue weighted by Crippen LogP contribution is 2.21. The second-order valence-corrected chi connectivity index (χ2v) is 6.73. The molecule has 2 rings (SSSR count). The molecule has 1 N–H and O–H groups in total. The minimum absolute atomic E-state index is 0.152. The topological polar surface area (TPSA) is 38.3 Å². The molecule has 0 aliphatic carbocycles. The van der Waals surface area contributed by atoms with Crippen molar-refractivity contribution in [3.8, 4) is 5.75 Å². The molecule has 0 aliphatic heterocycles. The summed E-state index contributed by atoms with van der Waals surface area (Å²) >= 11 is 2.23. The molecule has 0 fully saturated rings. The van der Waals surface area contributed by atoms with E-state index in [0.717, 1.165) is 15.7 Å². The fourth-order valence-corrected chi connectivity index (χ4v) is 2.28. The van der Waals surface area contributed by atoms with Gasteiger partial charge in [-0.1, -0.05) is 26.0 Å². The number of nitrogens with one attached hydrogen (secondary N) is 1. The SMILES string of the molecule is CC(C)CCOc1ccccc1C(=O)Nc1ccc(I)cc1. The molecule has 0 radical (unpaired) electrons. The molecule has 0 atom stereocenters. The van der Waals surface area contributed by atoms with Crippen molar-refractivity contribution >= 4 is 34.2 Å². The monoisotopic (exact) mass is 409 g/mol. The Kier molecular flexibility index (Phi) is 6.24. The number of hydrogen-bond donors (Lipinski definition) is 1. The summed E-state index contributed by atoms with van der Waals surface area (Å²) in [7, 11) is 0. The Morgan fingerprint density at radius 3 is 2.50 bits per heavy atom. The van der Waals surface area contributed by atoms with Gasteiger partial charge in [0.25, 0.3) is 5.91 Å². The molecule has 1 amide bonds. The quantitative estimate of drug-likeness (QED) is 0.685. The average molecular weight is 409 g/mol. The van der Waals surface area contributed by atoms with Gasteiger partial charge in [0.2, 0.25) is 0 Å². The molecular weight excluding hydrogens is 389 g/mol. The molecule has 0 unspecified atom stereocenters. The molecule has 3 nitrogen and oxygen atoms in total. The number of anilines is 1. The predicted octanol–water partition coefficient (Wildman–Crippen LogP) is 4.97. The maximum atomic E-state index is 12.4. The fourth-order valence-electron chi connectivity index (χ4n) is 1.92. The number of carbonyl (C=O) groups is 1. The Morgan fingerprint density at radius 1 is 1.14 bits per heavy atom. The number of carbonyl (C=O) groups excluding carboxylic acids is 1. The molecule has 4 heteroatoms. The van der Waals surface area contributed by atoms with E-state index < -0.39 is 0 Å². The summed E-state index contributed by atoms with van der Waals surface area (Å²) in [6.07, 6.45) is 0.965. The number of benzene rings is 2. The zero-order chi connectivity index (χ0) is 15.9. The molecule has 0 aliphatic rings. The summed E-state index contributed by atoms with van der Waals surface area (Å²) in [6, 6.07) is 15.0. The largest absolute Gasteiger partial charge is 0.493 e. The Hall–Kier alpha value is -1.56. The average Bonchev–Trinajstić information content (AvgIpc) is 2.49. The molecule has 0 spiro atoms. The number of amides is 1. The van der Waals surface area contributed by atoms with Crippen LogP contribution in [0.5, 0.6) is 5.75 Å². The van der Waals surface area contributed by atoms with E-state index in [1.165, 1.54) is 0 Å². The maximum Gasteiger partial charge on any atom is 0.259 e. The second-order valence-electron chi connectivity index (χ2n) is 5.49. The van der Waals surface area contributed by atoms with E-state index in [2.05, 4.69) is 41.8 Å². The first-order valence-corrected chi connectivity index (χ1v) is 8.43. The standard InChI is InChI=1S/C18H20INO2/c1-13(2)11-12-22-17-6-4-3-5-16(17)18(21)20-15-9-7-14(19)8-10-15/h3-10,13H,11-12H2,1-2H3,(H,20,21). The minimum atomic E-state index is -0.152. The van der Waals surface area contributed by atoms with E-state index in [1.54, 1.807) is 6.07 Å². The molecule has 0 bridgehead atoms. The maximum absolute atomic E-state index is 12.4. The molecule has 116 valence electrons. The summed E-state index contributed by atoms with van der Waals surface area (Å²) < 4.78 is 6.90. The van der Waals surface area contributed by atoms with Crippen molar-refractivity contribution in [2.75, 3.05) is 11.9 Å². The van der Waals surface area contributed by atoms with Crippen LogP contribution in [0.25, 0.3) is 0 Å². The number of para-hydroxylation sites is 1. The van der Waals surface area contributed by atoms with E-state index in [-0.39, 0.29) is 5.91 Å². The lowest BCUT2D eigenvalue weighted by Crippen LogP contribution is -2.14. The van der Waals surface area contributed by atoms with Crippen LogP contribution in [0.15, 0.2) is 48.5 Å². The zero-order valence-electron chi connectivity index (χ0n) is 12.8. The summed E-state index contributed by atoms with van der Waals surface area (Å²) in [4.78, 5) is 12.4. The Morgan fingerprint density at radius 2 is 1.82 bits per heavy atom. The van der Waals surface area contributed by atoms with Crippen molar-refractivity contribution in [3.63, 3.8) is 0 Å². The van der Waals surface area contributed by atoms with Crippen LogP contribution in [0.3, 0.4) is 0 Å². The first-order chi connectivity index (χ1) is 10.6. The molecule has 0 aromatic heterocycles. The van der Waals surface area contributed by atoms with Crippen LogP contribution in [0.1, 0.15) is 30.6 Å². The predicted molar refractivity (Wildman–Crippen MR) is 98.5 cm³/mol. The van der Waals surface area contributed by atoms with Gasteiger partial charge in [-0.15, -0.1) is 0 Å². The van der Waals surface area contributed by atoms with Gasteiger partial charge in [0.15, 0.2) is 0 Å². The minimum Gasteiger partial charge on any atom is -0.493 e. The summed E-state index contributed by atoms with van der Waals surface area (Å²) in [5, 5.41) is 2.90. The summed E-state index contributed by atoms with van der Waals surface area (Å²) in [5.74, 6) is 1.06. The Labute approximate surface area is 145 Å². The molecule has 2 aromatic carbocycles. The highest BCUT2D eigenvalue weighted by molar-refractivity contribution is 14.1. The van der Waals surface area contributed by atoms with Crippen LogP contribution in [0.4, 0.5) is 5.69 Å². The van der Waals surface area contributed by atoms with E-state index in [9.17, 15) is 4.79 Å². The van der Waals surface area contributed by atoms with Crippen molar-refractivity contribution in [3.05, 3.63) is 57.7 Å². The van der Waals surface area contributed by atoms with Crippen LogP contribution in [0, 0.1) is 9.49 Å². The van der Waals surface area contributed by atoms with Gasteiger partial charge in [0, 0.05) is 9.26 Å². The van der Waals surface area contributed by atoms with Crippen LogP contribution >= 0.6 is 22.6 Å².